The summed E-state index contributed by atoms with van der Waals surface area (Å²) in [7, 11) is 0. The van der Waals surface area contributed by atoms with E-state index >= 15 is 0 Å². The highest BCUT2D eigenvalue weighted by Gasteiger charge is 2.45. The third kappa shape index (κ3) is 6.17. The van der Waals surface area contributed by atoms with Gasteiger partial charge in [0, 0.05) is 5.02 Å². The fourth-order valence-electron chi connectivity index (χ4n) is 3.66. The molecule has 2 aromatic rings. The minimum absolute atomic E-state index is 0.124. The maximum atomic E-state index is 13.5. The molecular formula is C23H24Cl2F3NO3. The van der Waals surface area contributed by atoms with Crippen molar-refractivity contribution in [2.75, 3.05) is 5.32 Å². The van der Waals surface area contributed by atoms with Crippen LogP contribution in [0.2, 0.25) is 10.0 Å². The number of anilines is 1. The minimum Gasteiger partial charge on any atom is -0.481 e. The summed E-state index contributed by atoms with van der Waals surface area (Å²) < 4.78 is 40.6. The van der Waals surface area contributed by atoms with Crippen molar-refractivity contribution in [1.82, 2.24) is 0 Å². The predicted octanol–water partition coefficient (Wildman–Crippen LogP) is 7.13. The third-order valence-electron chi connectivity index (χ3n) is 5.64. The molecule has 2 aromatic carbocycles. The fourth-order valence-corrected chi connectivity index (χ4v) is 3.95. The molecule has 9 heteroatoms. The van der Waals surface area contributed by atoms with Gasteiger partial charge >= 0.3 is 12.1 Å². The van der Waals surface area contributed by atoms with Gasteiger partial charge in [-0.25, -0.2) is 0 Å². The lowest BCUT2D eigenvalue weighted by Gasteiger charge is -2.26. The van der Waals surface area contributed by atoms with Crippen LogP contribution in [-0.4, -0.2) is 23.2 Å². The van der Waals surface area contributed by atoms with Crippen LogP contribution in [0.3, 0.4) is 0 Å². The van der Waals surface area contributed by atoms with Gasteiger partial charge in [-0.1, -0.05) is 62.2 Å². The van der Waals surface area contributed by atoms with Crippen molar-refractivity contribution < 1.29 is 27.9 Å². The van der Waals surface area contributed by atoms with E-state index in [0.29, 0.717) is 17.0 Å². The molecule has 1 unspecified atom stereocenters. The Balaban J connectivity index is 2.42. The summed E-state index contributed by atoms with van der Waals surface area (Å²) in [5, 5.41) is 12.3. The zero-order chi connectivity index (χ0) is 24.2. The molecule has 0 spiro atoms. The van der Waals surface area contributed by atoms with Gasteiger partial charge in [0.15, 0.2) is 0 Å². The minimum atomic E-state index is -4.61. The van der Waals surface area contributed by atoms with Crippen molar-refractivity contribution >= 4 is 40.8 Å². The molecule has 0 bridgehead atoms. The Kier molecular flexibility index (Phi) is 8.60. The van der Waals surface area contributed by atoms with E-state index in [-0.39, 0.29) is 22.2 Å². The highest BCUT2D eigenvalue weighted by molar-refractivity contribution is 6.33. The summed E-state index contributed by atoms with van der Waals surface area (Å²) >= 11 is 12.0. The Morgan fingerprint density at radius 1 is 1.03 bits per heavy atom. The molecular weight excluding hydrogens is 466 g/mol. The lowest BCUT2D eigenvalue weighted by molar-refractivity contribution is -0.178. The summed E-state index contributed by atoms with van der Waals surface area (Å²) in [5.41, 5.74) is 0.905. The highest BCUT2D eigenvalue weighted by Crippen LogP contribution is 2.39. The van der Waals surface area contributed by atoms with Gasteiger partial charge in [-0.3, -0.25) is 9.59 Å². The van der Waals surface area contributed by atoms with E-state index < -0.39 is 35.8 Å². The molecule has 4 nitrogen and oxygen atoms in total. The number of halogens is 5. The number of amides is 1. The van der Waals surface area contributed by atoms with Gasteiger partial charge in [0.25, 0.3) is 0 Å². The first kappa shape index (κ1) is 26.0. The first-order valence-electron chi connectivity index (χ1n) is 10.0. The molecule has 0 aromatic heterocycles. The zero-order valence-corrected chi connectivity index (χ0v) is 19.2. The van der Waals surface area contributed by atoms with Gasteiger partial charge in [0.2, 0.25) is 5.91 Å². The SMILES string of the molecule is CCC(c1ccc(Cl)c(NC(=O)[C@H](c2ccc(Cl)cc2)[C@@H](C)C(F)(F)F)c1)[C@@H](C)C(=O)O. The molecule has 0 aliphatic carbocycles. The zero-order valence-electron chi connectivity index (χ0n) is 17.7. The van der Waals surface area contributed by atoms with Crippen LogP contribution in [0.4, 0.5) is 18.9 Å². The Bertz CT molecular complexity index is 964. The van der Waals surface area contributed by atoms with Gasteiger partial charge < -0.3 is 10.4 Å². The number of carboxylic acids is 1. The molecule has 0 saturated carbocycles. The molecule has 2 N–H and O–H groups in total. The monoisotopic (exact) mass is 489 g/mol. The second-order valence-electron chi connectivity index (χ2n) is 7.73. The molecule has 0 aliphatic heterocycles. The maximum Gasteiger partial charge on any atom is 0.392 e. The van der Waals surface area contributed by atoms with E-state index in [4.69, 9.17) is 23.2 Å². The van der Waals surface area contributed by atoms with Crippen molar-refractivity contribution in [3.63, 3.8) is 0 Å². The van der Waals surface area contributed by atoms with E-state index in [1.54, 1.807) is 13.0 Å². The quantitative estimate of drug-likeness (QED) is 0.414. The lowest BCUT2D eigenvalue weighted by atomic mass is 9.84. The highest BCUT2D eigenvalue weighted by atomic mass is 35.5. The maximum absolute atomic E-state index is 13.5. The lowest BCUT2D eigenvalue weighted by Crippen LogP contribution is -2.34. The number of carboxylic acid groups (broad SMARTS) is 1. The van der Waals surface area contributed by atoms with Crippen molar-refractivity contribution in [2.45, 2.75) is 45.2 Å². The number of aliphatic carboxylic acids is 1. The van der Waals surface area contributed by atoms with Crippen LogP contribution in [0.1, 0.15) is 50.2 Å². The van der Waals surface area contributed by atoms with E-state index in [0.717, 1.165) is 6.92 Å². The van der Waals surface area contributed by atoms with Gasteiger partial charge in [-0.2, -0.15) is 13.2 Å². The topological polar surface area (TPSA) is 66.4 Å². The first-order valence-corrected chi connectivity index (χ1v) is 10.8. The van der Waals surface area contributed by atoms with E-state index in [2.05, 4.69) is 5.32 Å². The van der Waals surface area contributed by atoms with E-state index in [1.807, 2.05) is 6.92 Å². The summed E-state index contributed by atoms with van der Waals surface area (Å²) in [4.78, 5) is 24.5. The Morgan fingerprint density at radius 3 is 2.09 bits per heavy atom. The average Bonchev–Trinajstić information content (AvgIpc) is 2.71. The van der Waals surface area contributed by atoms with E-state index in [9.17, 15) is 27.9 Å². The van der Waals surface area contributed by atoms with Crippen LogP contribution in [0.5, 0.6) is 0 Å². The van der Waals surface area contributed by atoms with Crippen molar-refractivity contribution in [3.05, 3.63) is 63.6 Å². The Labute approximate surface area is 194 Å². The Hall–Kier alpha value is -2.25. The number of carbonyl (C=O) groups excluding carboxylic acids is 1. The van der Waals surface area contributed by atoms with Crippen LogP contribution >= 0.6 is 23.2 Å². The number of hydrogen-bond acceptors (Lipinski definition) is 2. The molecule has 0 aliphatic rings. The summed E-state index contributed by atoms with van der Waals surface area (Å²) in [6.07, 6.45) is -4.10. The third-order valence-corrected chi connectivity index (χ3v) is 6.22. The number of carbonyl (C=O) groups is 2. The number of nitrogens with one attached hydrogen (secondary N) is 1. The molecule has 0 saturated heterocycles. The van der Waals surface area contributed by atoms with Crippen LogP contribution in [0.25, 0.3) is 0 Å². The summed E-state index contributed by atoms with van der Waals surface area (Å²) in [5.74, 6) is -6.42. The standard InChI is InChI=1S/C23H24Cl2F3NO3/c1-4-17(12(2)22(31)32)15-7-10-18(25)19(11-15)29-21(30)20(13(3)23(26,27)28)14-5-8-16(24)9-6-14/h5-13,17,20H,4H2,1-3H3,(H,29,30)(H,31,32)/t12-,13-,17?,20+/m1/s1. The summed E-state index contributed by atoms with van der Waals surface area (Å²) in [6, 6.07) is 10.3. The molecule has 0 radical (unpaired) electrons. The van der Waals surface area contributed by atoms with Crippen LogP contribution in [0, 0.1) is 11.8 Å². The van der Waals surface area contributed by atoms with Gasteiger partial charge in [-0.15, -0.1) is 0 Å². The first-order chi connectivity index (χ1) is 14.9. The molecule has 2 rings (SSSR count). The predicted molar refractivity (Wildman–Crippen MR) is 119 cm³/mol. The fraction of sp³-hybridized carbons (Fsp3) is 0.391. The van der Waals surface area contributed by atoms with Crippen molar-refractivity contribution in [3.8, 4) is 0 Å². The van der Waals surface area contributed by atoms with E-state index in [1.165, 1.54) is 36.4 Å². The van der Waals surface area contributed by atoms with Gasteiger partial charge in [0.1, 0.15) is 0 Å². The smallest absolute Gasteiger partial charge is 0.392 e. The number of hydrogen-bond donors (Lipinski definition) is 2. The number of alkyl halides is 3. The molecule has 1 amide bonds. The summed E-state index contributed by atoms with van der Waals surface area (Å²) in [6.45, 7) is 4.35. The van der Waals surface area contributed by atoms with Gasteiger partial charge in [-0.05, 0) is 47.7 Å². The van der Waals surface area contributed by atoms with Crippen molar-refractivity contribution in [1.29, 1.82) is 0 Å². The normalized spacial score (nSPS) is 15.5. The molecule has 0 heterocycles. The Morgan fingerprint density at radius 2 is 1.59 bits per heavy atom. The average molecular weight is 490 g/mol. The number of benzene rings is 2. The number of rotatable bonds is 8. The second kappa shape index (κ2) is 10.6. The van der Waals surface area contributed by atoms with Crippen LogP contribution in [-0.2, 0) is 9.59 Å². The van der Waals surface area contributed by atoms with Gasteiger partial charge in [0.05, 0.1) is 28.5 Å². The molecule has 174 valence electrons. The van der Waals surface area contributed by atoms with Crippen LogP contribution in [0.15, 0.2) is 42.5 Å². The molecule has 0 fully saturated rings. The molecule has 4 atom stereocenters. The van der Waals surface area contributed by atoms with Crippen LogP contribution < -0.4 is 5.32 Å². The van der Waals surface area contributed by atoms with Crippen molar-refractivity contribution in [2.24, 2.45) is 11.8 Å². The molecule has 32 heavy (non-hydrogen) atoms. The second-order valence-corrected chi connectivity index (χ2v) is 8.57. The largest absolute Gasteiger partial charge is 0.481 e.